The Morgan fingerprint density at radius 3 is 2.39 bits per heavy atom. The average Bonchev–Trinajstić information content (AvgIpc) is 3.41. The van der Waals surface area contributed by atoms with Crippen LogP contribution >= 0.6 is 0 Å². The van der Waals surface area contributed by atoms with E-state index in [9.17, 15) is 14.4 Å². The van der Waals surface area contributed by atoms with Gasteiger partial charge in [0.25, 0.3) is 5.91 Å². The second kappa shape index (κ2) is 12.0. The van der Waals surface area contributed by atoms with Gasteiger partial charge in [0, 0.05) is 50.0 Å². The fraction of sp³-hybridized carbons (Fsp3) is 0.133. The van der Waals surface area contributed by atoms with Crippen LogP contribution in [0.5, 0.6) is 0 Å². The van der Waals surface area contributed by atoms with Crippen molar-refractivity contribution in [2.24, 2.45) is 7.05 Å². The van der Waals surface area contributed by atoms with Crippen molar-refractivity contribution < 1.29 is 9.18 Å². The Hall–Kier alpha value is -5.63. The molecule has 3 aromatic heterocycles. The smallest absolute Gasteiger partial charge is 0.255 e. The third kappa shape index (κ3) is 6.69. The van der Waals surface area contributed by atoms with Crippen molar-refractivity contribution in [2.45, 2.75) is 19.5 Å². The number of aromatic nitrogens is 5. The van der Waals surface area contributed by atoms with Gasteiger partial charge in [0.1, 0.15) is 17.7 Å². The number of halogens is 1. The molecule has 11 heteroatoms. The maximum absolute atomic E-state index is 13.3. The highest BCUT2D eigenvalue weighted by molar-refractivity contribution is 5.99. The quantitative estimate of drug-likeness (QED) is 0.231. The van der Waals surface area contributed by atoms with Crippen molar-refractivity contribution in [3.05, 3.63) is 114 Å². The van der Waals surface area contributed by atoms with Crippen LogP contribution in [-0.4, -0.2) is 30.6 Å². The van der Waals surface area contributed by atoms with Crippen LogP contribution in [0.15, 0.2) is 85.5 Å². The van der Waals surface area contributed by atoms with E-state index in [1.54, 1.807) is 36.1 Å². The predicted octanol–water partition coefficient (Wildman–Crippen LogP) is 5.13. The van der Waals surface area contributed by atoms with E-state index in [-0.39, 0.29) is 23.0 Å². The van der Waals surface area contributed by atoms with E-state index in [0.29, 0.717) is 24.1 Å². The van der Waals surface area contributed by atoms with Crippen LogP contribution in [0.1, 0.15) is 40.0 Å². The van der Waals surface area contributed by atoms with E-state index in [2.05, 4.69) is 36.0 Å². The zero-order chi connectivity index (χ0) is 28.8. The van der Waals surface area contributed by atoms with Crippen molar-refractivity contribution in [3.8, 4) is 17.2 Å². The average molecular weight is 548 g/mol. The number of anilines is 3. The lowest BCUT2D eigenvalue weighted by Crippen LogP contribution is -2.28. The number of benzene rings is 2. The summed E-state index contributed by atoms with van der Waals surface area (Å²) in [5.41, 5.74) is 4.03. The molecule has 3 heterocycles. The first kappa shape index (κ1) is 27.0. The molecule has 5 rings (SSSR count). The number of amides is 1. The number of carbonyl (C=O) groups is 1. The maximum Gasteiger partial charge on any atom is 0.255 e. The zero-order valence-electron chi connectivity index (χ0n) is 22.3. The molecule has 0 aliphatic rings. The van der Waals surface area contributed by atoms with Crippen LogP contribution in [0.4, 0.5) is 22.0 Å². The molecule has 0 saturated carbocycles. The molecule has 41 heavy (non-hydrogen) atoms. The number of nitrogens with one attached hydrogen (secondary N) is 3. The van der Waals surface area contributed by atoms with Crippen LogP contribution in [0, 0.1) is 17.1 Å². The molecule has 1 amide bonds. The van der Waals surface area contributed by atoms with Gasteiger partial charge in [-0.15, -0.1) is 0 Å². The Bertz CT molecular complexity index is 1690. The van der Waals surface area contributed by atoms with Gasteiger partial charge in [-0.1, -0.05) is 36.4 Å². The van der Waals surface area contributed by atoms with Crippen LogP contribution < -0.4 is 16.0 Å². The van der Waals surface area contributed by atoms with Gasteiger partial charge in [-0.3, -0.25) is 9.48 Å². The number of rotatable bonds is 9. The molecule has 3 N–H and O–H groups in total. The molecule has 0 radical (unpaired) electrons. The maximum atomic E-state index is 13.3. The van der Waals surface area contributed by atoms with Crippen molar-refractivity contribution >= 4 is 23.5 Å². The number of hydrogen-bond acceptors (Lipinski definition) is 8. The van der Waals surface area contributed by atoms with Gasteiger partial charge >= 0.3 is 0 Å². The second-order valence-electron chi connectivity index (χ2n) is 9.32. The summed E-state index contributed by atoms with van der Waals surface area (Å²) in [4.78, 5) is 26.2. The number of carbonyl (C=O) groups excluding carboxylic acids is 1. The SMILES string of the molecule is CC(NC(=O)c1cc(C#N)cnc1NCc1ccc(-c2cnc(Nc3ccn(C)n3)nc2)cc1)c1ccc(F)cc1. The van der Waals surface area contributed by atoms with Crippen molar-refractivity contribution in [2.75, 3.05) is 10.6 Å². The summed E-state index contributed by atoms with van der Waals surface area (Å²) in [7, 11) is 1.84. The minimum Gasteiger partial charge on any atom is -0.365 e. The molecule has 0 spiro atoms. The third-order valence-corrected chi connectivity index (χ3v) is 6.33. The highest BCUT2D eigenvalue weighted by atomic mass is 19.1. The fourth-order valence-electron chi connectivity index (χ4n) is 4.09. The number of pyridine rings is 1. The zero-order valence-corrected chi connectivity index (χ0v) is 22.3. The van der Waals surface area contributed by atoms with E-state index in [1.165, 1.54) is 24.4 Å². The number of nitrogens with zero attached hydrogens (tertiary/aromatic N) is 6. The van der Waals surface area contributed by atoms with Gasteiger partial charge in [0.05, 0.1) is 17.2 Å². The first-order chi connectivity index (χ1) is 19.9. The molecular formula is C30H26FN9O. The molecule has 0 aliphatic heterocycles. The van der Waals surface area contributed by atoms with Crippen LogP contribution in [-0.2, 0) is 13.6 Å². The van der Waals surface area contributed by atoms with Gasteiger partial charge in [0.15, 0.2) is 5.82 Å². The van der Waals surface area contributed by atoms with Crippen LogP contribution in [0.3, 0.4) is 0 Å². The Morgan fingerprint density at radius 1 is 1.00 bits per heavy atom. The van der Waals surface area contributed by atoms with E-state index in [4.69, 9.17) is 0 Å². The second-order valence-corrected chi connectivity index (χ2v) is 9.32. The lowest BCUT2D eigenvalue weighted by molar-refractivity contribution is 0.0940. The third-order valence-electron chi connectivity index (χ3n) is 6.33. The van der Waals surface area contributed by atoms with Gasteiger partial charge in [-0.05, 0) is 41.8 Å². The van der Waals surface area contributed by atoms with Crippen LogP contribution in [0.25, 0.3) is 11.1 Å². The first-order valence-electron chi connectivity index (χ1n) is 12.8. The van der Waals surface area contributed by atoms with E-state index < -0.39 is 5.91 Å². The van der Waals surface area contributed by atoms with Gasteiger partial charge in [0.2, 0.25) is 5.95 Å². The van der Waals surface area contributed by atoms with Crippen molar-refractivity contribution in [1.82, 2.24) is 30.0 Å². The molecule has 0 saturated heterocycles. The standard InChI is InChI=1S/C30H26FN9O/c1-19(22-7-9-25(31)10-8-22)37-29(41)26-13-21(14-32)16-34-28(26)33-15-20-3-5-23(6-4-20)24-17-35-30(36-18-24)38-27-11-12-40(2)39-27/h3-13,16-19H,15H2,1-2H3,(H,33,34)(H,37,41)(H,35,36,38,39). The molecule has 0 fully saturated rings. The summed E-state index contributed by atoms with van der Waals surface area (Å²) >= 11 is 0. The number of nitriles is 1. The summed E-state index contributed by atoms with van der Waals surface area (Å²) in [6, 6.07) is 18.8. The Kier molecular flexibility index (Phi) is 7.92. The lowest BCUT2D eigenvalue weighted by Gasteiger charge is -2.16. The van der Waals surface area contributed by atoms with Gasteiger partial charge < -0.3 is 16.0 Å². The molecule has 0 aliphatic carbocycles. The van der Waals surface area contributed by atoms with Crippen molar-refractivity contribution in [3.63, 3.8) is 0 Å². The minimum absolute atomic E-state index is 0.242. The van der Waals surface area contributed by atoms with E-state index in [0.717, 1.165) is 22.3 Å². The highest BCUT2D eigenvalue weighted by Crippen LogP contribution is 2.22. The summed E-state index contributed by atoms with van der Waals surface area (Å²) in [6.45, 7) is 2.20. The van der Waals surface area contributed by atoms with Gasteiger partial charge in [-0.2, -0.15) is 10.4 Å². The van der Waals surface area contributed by atoms with Crippen LogP contribution in [0.2, 0.25) is 0 Å². The molecule has 10 nitrogen and oxygen atoms in total. The molecule has 5 aromatic rings. The number of hydrogen-bond donors (Lipinski definition) is 3. The highest BCUT2D eigenvalue weighted by Gasteiger charge is 2.17. The molecular weight excluding hydrogens is 521 g/mol. The first-order valence-corrected chi connectivity index (χ1v) is 12.8. The minimum atomic E-state index is -0.398. The molecule has 204 valence electrons. The lowest BCUT2D eigenvalue weighted by atomic mass is 10.1. The Labute approximate surface area is 235 Å². The summed E-state index contributed by atoms with van der Waals surface area (Å²) in [5, 5.41) is 22.7. The molecule has 1 atom stereocenters. The van der Waals surface area contributed by atoms with Crippen molar-refractivity contribution in [1.29, 1.82) is 5.26 Å². The Morgan fingerprint density at radius 2 is 1.73 bits per heavy atom. The monoisotopic (exact) mass is 547 g/mol. The van der Waals surface area contributed by atoms with E-state index >= 15 is 0 Å². The fourth-order valence-corrected chi connectivity index (χ4v) is 4.09. The van der Waals surface area contributed by atoms with Gasteiger partial charge in [-0.25, -0.2) is 19.3 Å². The molecule has 1 unspecified atom stereocenters. The Balaban J connectivity index is 1.24. The molecule has 2 aromatic carbocycles. The summed E-state index contributed by atoms with van der Waals surface area (Å²) in [5.74, 6) is 0.719. The predicted molar refractivity (Wildman–Crippen MR) is 153 cm³/mol. The molecule has 0 bridgehead atoms. The largest absolute Gasteiger partial charge is 0.365 e. The number of aryl methyl sites for hydroxylation is 1. The normalized spacial score (nSPS) is 11.4. The topological polar surface area (TPSA) is 133 Å². The summed E-state index contributed by atoms with van der Waals surface area (Å²) < 4.78 is 15.0. The van der Waals surface area contributed by atoms with E-state index in [1.807, 2.05) is 49.6 Å². The summed E-state index contributed by atoms with van der Waals surface area (Å²) in [6.07, 6.45) is 6.72.